The molecule has 2 N–H and O–H groups in total. The number of rotatable bonds is 3. The lowest BCUT2D eigenvalue weighted by Gasteiger charge is -2.28. The van der Waals surface area contributed by atoms with Crippen LogP contribution in [0.15, 0.2) is 0 Å². The topological polar surface area (TPSA) is 50.4 Å². The molecule has 0 bridgehead atoms. The molecule has 4 heteroatoms. The van der Waals surface area contributed by atoms with Crippen molar-refractivity contribution in [3.63, 3.8) is 0 Å². The highest BCUT2D eigenvalue weighted by Crippen LogP contribution is 2.09. The van der Waals surface area contributed by atoms with Gasteiger partial charge >= 0.3 is 0 Å². The lowest BCUT2D eigenvalue weighted by molar-refractivity contribution is -0.140. The first-order valence-corrected chi connectivity index (χ1v) is 5.13. The van der Waals surface area contributed by atoms with E-state index in [1.165, 1.54) is 0 Å². The number of amides is 1. The first kappa shape index (κ1) is 11.5. The fourth-order valence-electron chi connectivity index (χ4n) is 1.43. The van der Waals surface area contributed by atoms with E-state index >= 15 is 0 Å². The Bertz CT molecular complexity index is 198. The molecule has 1 saturated heterocycles. The minimum Gasteiger partial charge on any atom is -0.369 e. The van der Waals surface area contributed by atoms with E-state index in [9.17, 15) is 4.79 Å². The van der Waals surface area contributed by atoms with Crippen molar-refractivity contribution in [3.8, 4) is 0 Å². The molecule has 1 fully saturated rings. The summed E-state index contributed by atoms with van der Waals surface area (Å²) in [5.41, 5.74) is -0.725. The number of ether oxygens (including phenoxy) is 1. The number of carbonyl (C=O) groups excluding carboxylic acids is 1. The molecule has 1 aliphatic heterocycles. The highest BCUT2D eigenvalue weighted by molar-refractivity contribution is 5.84. The van der Waals surface area contributed by atoms with Crippen LogP contribution in [-0.2, 0) is 9.53 Å². The molecule has 4 nitrogen and oxygen atoms in total. The molecule has 1 atom stereocenters. The third kappa shape index (κ3) is 2.96. The van der Waals surface area contributed by atoms with Gasteiger partial charge in [-0.15, -0.1) is 0 Å². The van der Waals surface area contributed by atoms with Crippen LogP contribution in [0.1, 0.15) is 26.7 Å². The highest BCUT2D eigenvalue weighted by atomic mass is 16.5. The summed E-state index contributed by atoms with van der Waals surface area (Å²) in [6.07, 6.45) is 2.18. The molecule has 0 aliphatic carbocycles. The van der Waals surface area contributed by atoms with Crippen molar-refractivity contribution in [1.82, 2.24) is 10.6 Å². The molecule has 0 unspecified atom stereocenters. The summed E-state index contributed by atoms with van der Waals surface area (Å²) in [6, 6.07) is 0.255. The lowest BCUT2D eigenvalue weighted by atomic mass is 10.0. The van der Waals surface area contributed by atoms with Crippen molar-refractivity contribution in [2.24, 2.45) is 0 Å². The molecule has 1 heterocycles. The molecule has 0 aromatic heterocycles. The van der Waals surface area contributed by atoms with E-state index in [-0.39, 0.29) is 11.9 Å². The Hall–Kier alpha value is -0.610. The van der Waals surface area contributed by atoms with Gasteiger partial charge < -0.3 is 15.4 Å². The Morgan fingerprint density at radius 2 is 2.29 bits per heavy atom. The monoisotopic (exact) mass is 200 g/mol. The summed E-state index contributed by atoms with van der Waals surface area (Å²) in [7, 11) is 1.55. The van der Waals surface area contributed by atoms with Crippen LogP contribution in [0.2, 0.25) is 0 Å². The predicted molar refractivity (Wildman–Crippen MR) is 55.1 cm³/mol. The maximum absolute atomic E-state index is 11.7. The number of nitrogens with one attached hydrogen (secondary N) is 2. The zero-order valence-corrected chi connectivity index (χ0v) is 9.22. The van der Waals surface area contributed by atoms with Crippen molar-refractivity contribution < 1.29 is 9.53 Å². The lowest BCUT2D eigenvalue weighted by Crippen LogP contribution is -2.52. The van der Waals surface area contributed by atoms with Gasteiger partial charge in [-0.1, -0.05) is 0 Å². The zero-order valence-electron chi connectivity index (χ0n) is 9.22. The van der Waals surface area contributed by atoms with Crippen LogP contribution in [0.4, 0.5) is 0 Å². The minimum atomic E-state index is -0.725. The predicted octanol–water partition coefficient (Wildman–Crippen LogP) is 0.280. The van der Waals surface area contributed by atoms with Gasteiger partial charge in [-0.05, 0) is 33.2 Å². The molecule has 0 saturated carbocycles. The number of hydrogen-bond donors (Lipinski definition) is 2. The van der Waals surface area contributed by atoms with Crippen molar-refractivity contribution in [1.29, 1.82) is 0 Å². The number of methoxy groups -OCH3 is 1. The molecule has 0 aromatic carbocycles. The van der Waals surface area contributed by atoms with Crippen LogP contribution >= 0.6 is 0 Å². The Morgan fingerprint density at radius 1 is 1.57 bits per heavy atom. The molecular weight excluding hydrogens is 180 g/mol. The Balaban J connectivity index is 2.39. The van der Waals surface area contributed by atoms with E-state index in [0.717, 1.165) is 25.9 Å². The van der Waals surface area contributed by atoms with E-state index in [4.69, 9.17) is 4.74 Å². The molecule has 0 spiro atoms. The van der Waals surface area contributed by atoms with Crippen LogP contribution in [0.3, 0.4) is 0 Å². The van der Waals surface area contributed by atoms with Gasteiger partial charge in [0.25, 0.3) is 5.91 Å². The number of hydrogen-bond acceptors (Lipinski definition) is 3. The van der Waals surface area contributed by atoms with E-state index < -0.39 is 5.60 Å². The minimum absolute atomic E-state index is 0.0336. The summed E-state index contributed by atoms with van der Waals surface area (Å²) in [5.74, 6) is -0.0336. The third-order valence-electron chi connectivity index (χ3n) is 2.69. The summed E-state index contributed by atoms with van der Waals surface area (Å²) in [6.45, 7) is 5.47. The molecule has 82 valence electrons. The second-order valence-electron chi connectivity index (χ2n) is 4.23. The standard InChI is InChI=1S/C10H20N2O2/c1-10(2,14-3)9(13)12-8-5-4-6-11-7-8/h8,11H,4-7H2,1-3H3,(H,12,13)/t8-/m1/s1. The van der Waals surface area contributed by atoms with Gasteiger partial charge in [0.1, 0.15) is 5.60 Å². The van der Waals surface area contributed by atoms with E-state index in [1.807, 2.05) is 0 Å². The van der Waals surface area contributed by atoms with Crippen LogP contribution in [-0.4, -0.2) is 37.7 Å². The van der Waals surface area contributed by atoms with Crippen LogP contribution in [0, 0.1) is 0 Å². The van der Waals surface area contributed by atoms with Crippen molar-refractivity contribution >= 4 is 5.91 Å². The van der Waals surface area contributed by atoms with E-state index in [2.05, 4.69) is 10.6 Å². The fourth-order valence-corrected chi connectivity index (χ4v) is 1.43. The van der Waals surface area contributed by atoms with Gasteiger partial charge in [0.05, 0.1) is 0 Å². The molecule has 1 amide bonds. The number of carbonyl (C=O) groups is 1. The average Bonchev–Trinajstić information content (AvgIpc) is 2.19. The zero-order chi connectivity index (χ0) is 10.6. The quantitative estimate of drug-likeness (QED) is 0.688. The van der Waals surface area contributed by atoms with Crippen LogP contribution in [0.25, 0.3) is 0 Å². The van der Waals surface area contributed by atoms with Gasteiger partial charge in [-0.2, -0.15) is 0 Å². The van der Waals surface area contributed by atoms with Gasteiger partial charge in [0.2, 0.25) is 0 Å². The SMILES string of the molecule is COC(C)(C)C(=O)N[C@@H]1CCCNC1. The first-order chi connectivity index (χ1) is 6.56. The first-order valence-electron chi connectivity index (χ1n) is 5.13. The fraction of sp³-hybridized carbons (Fsp3) is 0.900. The highest BCUT2D eigenvalue weighted by Gasteiger charge is 2.29. The van der Waals surface area contributed by atoms with Crippen LogP contribution in [0.5, 0.6) is 0 Å². The molecule has 0 radical (unpaired) electrons. The molecule has 1 rings (SSSR count). The maximum atomic E-state index is 11.7. The van der Waals surface area contributed by atoms with E-state index in [0.29, 0.717) is 0 Å². The summed E-state index contributed by atoms with van der Waals surface area (Å²) < 4.78 is 5.11. The second kappa shape index (κ2) is 4.75. The summed E-state index contributed by atoms with van der Waals surface area (Å²) in [5, 5.41) is 6.24. The average molecular weight is 200 g/mol. The second-order valence-corrected chi connectivity index (χ2v) is 4.23. The van der Waals surface area contributed by atoms with Crippen molar-refractivity contribution in [2.45, 2.75) is 38.3 Å². The van der Waals surface area contributed by atoms with Gasteiger partial charge in [-0.25, -0.2) is 0 Å². The van der Waals surface area contributed by atoms with Crippen LogP contribution < -0.4 is 10.6 Å². The van der Waals surface area contributed by atoms with Gasteiger partial charge in [0, 0.05) is 19.7 Å². The molecule has 0 aromatic rings. The molecular formula is C10H20N2O2. The summed E-state index contributed by atoms with van der Waals surface area (Å²) >= 11 is 0. The molecule has 14 heavy (non-hydrogen) atoms. The smallest absolute Gasteiger partial charge is 0.251 e. The summed E-state index contributed by atoms with van der Waals surface area (Å²) in [4.78, 5) is 11.7. The number of piperidine rings is 1. The normalized spacial score (nSPS) is 23.2. The maximum Gasteiger partial charge on any atom is 0.251 e. The van der Waals surface area contributed by atoms with Gasteiger partial charge in [-0.3, -0.25) is 4.79 Å². The van der Waals surface area contributed by atoms with Gasteiger partial charge in [0.15, 0.2) is 0 Å². The van der Waals surface area contributed by atoms with Crippen molar-refractivity contribution in [2.75, 3.05) is 20.2 Å². The molecule has 1 aliphatic rings. The Morgan fingerprint density at radius 3 is 2.79 bits per heavy atom. The Kier molecular flexibility index (Phi) is 3.89. The van der Waals surface area contributed by atoms with E-state index in [1.54, 1.807) is 21.0 Å². The largest absolute Gasteiger partial charge is 0.369 e. The van der Waals surface area contributed by atoms with Crippen molar-refractivity contribution in [3.05, 3.63) is 0 Å². The third-order valence-corrected chi connectivity index (χ3v) is 2.69. The Labute approximate surface area is 85.4 Å².